The molecule has 1 aliphatic carbocycles. The third kappa shape index (κ3) is 3.17. The number of amides is 1. The molecule has 1 amide bonds. The van der Waals surface area contributed by atoms with Crippen LogP contribution in [0.15, 0.2) is 47.1 Å². The summed E-state index contributed by atoms with van der Waals surface area (Å²) in [6.07, 6.45) is 4.04. The van der Waals surface area contributed by atoms with Crippen molar-refractivity contribution in [3.63, 3.8) is 0 Å². The number of benzene rings is 1. The van der Waals surface area contributed by atoms with Gasteiger partial charge in [-0.2, -0.15) is 0 Å². The molecule has 0 bridgehead atoms. The van der Waals surface area contributed by atoms with Crippen LogP contribution in [0.4, 0.5) is 11.4 Å². The van der Waals surface area contributed by atoms with Crippen molar-refractivity contribution < 1.29 is 4.79 Å². The van der Waals surface area contributed by atoms with Gasteiger partial charge in [-0.15, -0.1) is 0 Å². The molecule has 0 atom stereocenters. The number of carbonyl (C=O) groups excluding carboxylic acids is 1. The lowest BCUT2D eigenvalue weighted by molar-refractivity contribution is 0.102. The molecule has 1 aliphatic rings. The normalized spacial score (nSPS) is 13.8. The maximum atomic E-state index is 12.2. The maximum Gasteiger partial charge on any atom is 0.274 e. The van der Waals surface area contributed by atoms with E-state index in [9.17, 15) is 4.79 Å². The van der Waals surface area contributed by atoms with Gasteiger partial charge in [0.1, 0.15) is 5.69 Å². The van der Waals surface area contributed by atoms with Crippen LogP contribution in [0.2, 0.25) is 0 Å². The first-order valence-corrected chi connectivity index (χ1v) is 7.30. The number of nitrogens with one attached hydrogen (secondary N) is 2. The van der Waals surface area contributed by atoms with Gasteiger partial charge in [0.05, 0.1) is 5.69 Å². The van der Waals surface area contributed by atoms with E-state index in [1.165, 1.54) is 12.8 Å². The number of carbonyl (C=O) groups is 1. The molecule has 0 saturated heterocycles. The van der Waals surface area contributed by atoms with E-state index in [0.717, 1.165) is 15.8 Å². The molecule has 0 unspecified atom stereocenters. The Bertz CT molecular complexity index is 641. The lowest BCUT2D eigenvalue weighted by atomic mass is 10.2. The Hall–Kier alpha value is -1.88. The van der Waals surface area contributed by atoms with Gasteiger partial charge in [0.25, 0.3) is 5.91 Å². The van der Waals surface area contributed by atoms with Crippen LogP contribution in [0.25, 0.3) is 0 Å². The number of pyridine rings is 1. The van der Waals surface area contributed by atoms with E-state index in [1.54, 1.807) is 12.3 Å². The van der Waals surface area contributed by atoms with Crippen LogP contribution in [0.1, 0.15) is 23.3 Å². The summed E-state index contributed by atoms with van der Waals surface area (Å²) in [5, 5.41) is 6.20. The fraction of sp³-hybridized carbons (Fsp3) is 0.200. The second-order valence-corrected chi connectivity index (χ2v) is 5.64. The highest BCUT2D eigenvalue weighted by molar-refractivity contribution is 9.10. The lowest BCUT2D eigenvalue weighted by Gasteiger charge is -2.08. The summed E-state index contributed by atoms with van der Waals surface area (Å²) in [4.78, 5) is 16.3. The quantitative estimate of drug-likeness (QED) is 0.898. The molecule has 1 aromatic heterocycles. The minimum atomic E-state index is -0.212. The third-order valence-corrected chi connectivity index (χ3v) is 3.75. The van der Waals surface area contributed by atoms with Crippen molar-refractivity contribution in [3.8, 4) is 0 Å². The van der Waals surface area contributed by atoms with Crippen LogP contribution >= 0.6 is 15.9 Å². The molecule has 1 fully saturated rings. The van der Waals surface area contributed by atoms with Gasteiger partial charge in [0.15, 0.2) is 0 Å². The average molecular weight is 332 g/mol. The predicted molar refractivity (Wildman–Crippen MR) is 83.0 cm³/mol. The van der Waals surface area contributed by atoms with Gasteiger partial charge in [-0.3, -0.25) is 9.78 Å². The van der Waals surface area contributed by atoms with Gasteiger partial charge in [0.2, 0.25) is 0 Å². The smallest absolute Gasteiger partial charge is 0.274 e. The summed E-state index contributed by atoms with van der Waals surface area (Å²) in [6, 6.07) is 11.7. The van der Waals surface area contributed by atoms with Gasteiger partial charge in [-0.05, 0) is 53.0 Å². The molecular weight excluding hydrogens is 318 g/mol. The van der Waals surface area contributed by atoms with Gasteiger partial charge in [-0.25, -0.2) is 0 Å². The van der Waals surface area contributed by atoms with Crippen LogP contribution < -0.4 is 10.6 Å². The molecule has 2 aromatic rings. The molecule has 0 radical (unpaired) electrons. The van der Waals surface area contributed by atoms with E-state index in [2.05, 4.69) is 31.5 Å². The standard InChI is InChI=1S/C15H14BrN3O/c16-12-3-1-2-4-13(12)19-15(20)14-9-11(7-8-17-14)18-10-5-6-10/h1-4,7-10H,5-6H2,(H,17,18)(H,19,20). The first-order chi connectivity index (χ1) is 9.72. The Balaban J connectivity index is 1.74. The Morgan fingerprint density at radius 3 is 2.80 bits per heavy atom. The third-order valence-electron chi connectivity index (χ3n) is 3.06. The fourth-order valence-corrected chi connectivity index (χ4v) is 2.24. The Morgan fingerprint density at radius 1 is 1.25 bits per heavy atom. The molecular formula is C15H14BrN3O. The molecule has 1 aromatic carbocycles. The van der Waals surface area contributed by atoms with Crippen molar-refractivity contribution in [3.05, 3.63) is 52.8 Å². The average Bonchev–Trinajstić information content (AvgIpc) is 3.25. The number of hydrogen-bond acceptors (Lipinski definition) is 3. The summed E-state index contributed by atoms with van der Waals surface area (Å²) < 4.78 is 0.848. The lowest BCUT2D eigenvalue weighted by Crippen LogP contribution is -2.14. The second-order valence-electron chi connectivity index (χ2n) is 4.78. The highest BCUT2D eigenvalue weighted by Crippen LogP contribution is 2.25. The summed E-state index contributed by atoms with van der Waals surface area (Å²) in [5.41, 5.74) is 2.09. The summed E-state index contributed by atoms with van der Waals surface area (Å²) in [6.45, 7) is 0. The van der Waals surface area contributed by atoms with Crippen molar-refractivity contribution >= 4 is 33.2 Å². The molecule has 2 N–H and O–H groups in total. The number of aromatic nitrogens is 1. The molecule has 5 heteroatoms. The minimum Gasteiger partial charge on any atom is -0.382 e. The molecule has 1 heterocycles. The van der Waals surface area contributed by atoms with Gasteiger partial charge in [0, 0.05) is 22.4 Å². The molecule has 3 rings (SSSR count). The highest BCUT2D eigenvalue weighted by atomic mass is 79.9. The number of nitrogens with zero attached hydrogens (tertiary/aromatic N) is 1. The Morgan fingerprint density at radius 2 is 2.05 bits per heavy atom. The monoisotopic (exact) mass is 331 g/mol. The van der Waals surface area contributed by atoms with Gasteiger partial charge >= 0.3 is 0 Å². The van der Waals surface area contributed by atoms with E-state index in [4.69, 9.17) is 0 Å². The number of rotatable bonds is 4. The molecule has 1 saturated carbocycles. The van der Waals surface area contributed by atoms with Crippen LogP contribution in [0, 0.1) is 0 Å². The zero-order valence-electron chi connectivity index (χ0n) is 10.8. The second kappa shape index (κ2) is 5.63. The van der Waals surface area contributed by atoms with Crippen LogP contribution in [-0.2, 0) is 0 Å². The van der Waals surface area contributed by atoms with Gasteiger partial charge in [-0.1, -0.05) is 12.1 Å². The molecule has 0 spiro atoms. The van der Waals surface area contributed by atoms with E-state index < -0.39 is 0 Å². The Labute approximate surface area is 125 Å². The number of para-hydroxylation sites is 1. The molecule has 20 heavy (non-hydrogen) atoms. The number of halogens is 1. The Kier molecular flexibility index (Phi) is 3.69. The first-order valence-electron chi connectivity index (χ1n) is 6.51. The van der Waals surface area contributed by atoms with E-state index in [1.807, 2.05) is 30.3 Å². The maximum absolute atomic E-state index is 12.2. The number of anilines is 2. The van der Waals surface area contributed by atoms with Crippen LogP contribution in [0.3, 0.4) is 0 Å². The molecule has 0 aliphatic heterocycles. The molecule has 4 nitrogen and oxygen atoms in total. The topological polar surface area (TPSA) is 54.0 Å². The zero-order chi connectivity index (χ0) is 13.9. The van der Waals surface area contributed by atoms with E-state index >= 15 is 0 Å². The van der Waals surface area contributed by atoms with E-state index in [-0.39, 0.29) is 5.91 Å². The fourth-order valence-electron chi connectivity index (χ4n) is 1.86. The summed E-state index contributed by atoms with van der Waals surface area (Å²) >= 11 is 3.41. The number of hydrogen-bond donors (Lipinski definition) is 2. The summed E-state index contributed by atoms with van der Waals surface area (Å²) in [5.74, 6) is -0.212. The van der Waals surface area contributed by atoms with Crippen molar-refractivity contribution in [1.29, 1.82) is 0 Å². The largest absolute Gasteiger partial charge is 0.382 e. The van der Waals surface area contributed by atoms with Crippen molar-refractivity contribution in [1.82, 2.24) is 4.98 Å². The van der Waals surface area contributed by atoms with Crippen LogP contribution in [0.5, 0.6) is 0 Å². The molecule has 102 valence electrons. The van der Waals surface area contributed by atoms with Crippen molar-refractivity contribution in [2.24, 2.45) is 0 Å². The highest BCUT2D eigenvalue weighted by Gasteiger charge is 2.21. The SMILES string of the molecule is O=C(Nc1ccccc1Br)c1cc(NC2CC2)ccn1. The first kappa shape index (κ1) is 13.1. The zero-order valence-corrected chi connectivity index (χ0v) is 12.4. The minimum absolute atomic E-state index is 0.212. The van der Waals surface area contributed by atoms with Gasteiger partial charge < -0.3 is 10.6 Å². The van der Waals surface area contributed by atoms with Crippen molar-refractivity contribution in [2.75, 3.05) is 10.6 Å². The van der Waals surface area contributed by atoms with Crippen molar-refractivity contribution in [2.45, 2.75) is 18.9 Å². The predicted octanol–water partition coefficient (Wildman–Crippen LogP) is 3.67. The van der Waals surface area contributed by atoms with E-state index in [0.29, 0.717) is 11.7 Å². The summed E-state index contributed by atoms with van der Waals surface area (Å²) in [7, 11) is 0. The van der Waals surface area contributed by atoms with Crippen LogP contribution in [-0.4, -0.2) is 16.9 Å².